The largest absolute Gasteiger partial charge is 0.492 e. The average Bonchev–Trinajstić information content (AvgIpc) is 2.81. The van der Waals surface area contributed by atoms with Crippen molar-refractivity contribution in [2.24, 2.45) is 0 Å². The zero-order chi connectivity index (χ0) is 15.3. The van der Waals surface area contributed by atoms with E-state index in [0.717, 1.165) is 11.3 Å². The van der Waals surface area contributed by atoms with E-state index in [1.807, 2.05) is 31.3 Å². The van der Waals surface area contributed by atoms with Crippen LogP contribution in [0.1, 0.15) is 12.0 Å². The molecule has 0 saturated carbocycles. The third-order valence-corrected chi connectivity index (χ3v) is 5.50. The predicted molar refractivity (Wildman–Crippen MR) is 80.9 cm³/mol. The molecule has 1 heterocycles. The van der Waals surface area contributed by atoms with Gasteiger partial charge in [-0.3, -0.25) is 4.90 Å². The van der Waals surface area contributed by atoms with Crippen LogP contribution in [0.4, 0.5) is 0 Å². The van der Waals surface area contributed by atoms with Crippen molar-refractivity contribution in [3.63, 3.8) is 0 Å². The third kappa shape index (κ3) is 4.73. The molecule has 1 aliphatic heterocycles. The normalized spacial score (nSPS) is 20.3. The minimum atomic E-state index is -2.84. The van der Waals surface area contributed by atoms with Gasteiger partial charge in [0.15, 0.2) is 9.84 Å². The number of likely N-dealkylation sites (N-methyl/N-ethyl adjacent to an activating group) is 1. The molecule has 0 spiro atoms. The van der Waals surface area contributed by atoms with Gasteiger partial charge in [0.2, 0.25) is 0 Å². The molecule has 0 bridgehead atoms. The van der Waals surface area contributed by atoms with Crippen molar-refractivity contribution < 1.29 is 13.2 Å². The highest BCUT2D eigenvalue weighted by Gasteiger charge is 2.30. The Balaban J connectivity index is 1.75. The van der Waals surface area contributed by atoms with Crippen molar-refractivity contribution in [3.05, 3.63) is 29.8 Å². The van der Waals surface area contributed by atoms with Crippen LogP contribution in [0.3, 0.4) is 0 Å². The molecule has 1 aromatic rings. The molecular weight excluding hydrogens is 288 g/mol. The number of sulfone groups is 1. The van der Waals surface area contributed by atoms with Crippen LogP contribution in [0.15, 0.2) is 24.3 Å². The molecule has 0 N–H and O–H groups in total. The van der Waals surface area contributed by atoms with Crippen molar-refractivity contribution >= 4 is 9.84 Å². The highest BCUT2D eigenvalue weighted by atomic mass is 32.2. The van der Waals surface area contributed by atoms with Crippen molar-refractivity contribution in [1.29, 1.82) is 5.26 Å². The zero-order valence-electron chi connectivity index (χ0n) is 12.2. The summed E-state index contributed by atoms with van der Waals surface area (Å²) in [5.74, 6) is 1.32. The van der Waals surface area contributed by atoms with Crippen LogP contribution >= 0.6 is 0 Å². The Bertz CT molecular complexity index is 605. The van der Waals surface area contributed by atoms with Gasteiger partial charge in [0.25, 0.3) is 0 Å². The van der Waals surface area contributed by atoms with Crippen molar-refractivity contribution in [3.8, 4) is 11.8 Å². The lowest BCUT2D eigenvalue weighted by atomic mass is 10.2. The summed E-state index contributed by atoms with van der Waals surface area (Å²) in [5.41, 5.74) is 0.970. The fourth-order valence-corrected chi connectivity index (χ4v) is 4.21. The summed E-state index contributed by atoms with van der Waals surface area (Å²) < 4.78 is 28.5. The van der Waals surface area contributed by atoms with E-state index < -0.39 is 9.84 Å². The second-order valence-electron chi connectivity index (χ2n) is 5.36. The Morgan fingerprint density at radius 1 is 1.38 bits per heavy atom. The number of nitrogens with zero attached hydrogens (tertiary/aromatic N) is 2. The van der Waals surface area contributed by atoms with Crippen LogP contribution in [0.25, 0.3) is 0 Å². The minimum absolute atomic E-state index is 0.108. The molecule has 21 heavy (non-hydrogen) atoms. The summed E-state index contributed by atoms with van der Waals surface area (Å²) in [7, 11) is -0.901. The molecule has 5 nitrogen and oxygen atoms in total. The monoisotopic (exact) mass is 308 g/mol. The van der Waals surface area contributed by atoms with Gasteiger partial charge < -0.3 is 4.74 Å². The first kappa shape index (κ1) is 15.8. The number of ether oxygens (including phenoxy) is 1. The van der Waals surface area contributed by atoms with Crippen LogP contribution in [0, 0.1) is 11.3 Å². The lowest BCUT2D eigenvalue weighted by molar-refractivity contribution is 0.202. The van der Waals surface area contributed by atoms with Gasteiger partial charge in [0.1, 0.15) is 12.4 Å². The van der Waals surface area contributed by atoms with Crippen LogP contribution < -0.4 is 4.74 Å². The standard InChI is InChI=1S/C15H20N2O3S/c1-17(14-7-11-21(18,19)12-14)9-10-20-15-4-2-13(3-5-15)6-8-16/h2-5,14H,6-7,9-12H2,1H3. The van der Waals surface area contributed by atoms with Gasteiger partial charge in [-0.25, -0.2) is 8.42 Å². The molecule has 1 atom stereocenters. The molecule has 0 radical (unpaired) electrons. The Morgan fingerprint density at radius 3 is 2.67 bits per heavy atom. The van der Waals surface area contributed by atoms with Gasteiger partial charge in [0, 0.05) is 12.6 Å². The Kier molecular flexibility index (Phi) is 5.21. The summed E-state index contributed by atoms with van der Waals surface area (Å²) in [6, 6.07) is 9.68. The highest BCUT2D eigenvalue weighted by Crippen LogP contribution is 2.17. The van der Waals surface area contributed by atoms with Gasteiger partial charge in [-0.2, -0.15) is 5.26 Å². The Morgan fingerprint density at radius 2 is 2.10 bits per heavy atom. The molecule has 2 rings (SSSR count). The first-order valence-corrected chi connectivity index (χ1v) is 8.82. The Hall–Kier alpha value is -1.58. The lowest BCUT2D eigenvalue weighted by Gasteiger charge is -2.22. The third-order valence-electron chi connectivity index (χ3n) is 3.75. The minimum Gasteiger partial charge on any atom is -0.492 e. The van der Waals surface area contributed by atoms with E-state index in [2.05, 4.69) is 11.0 Å². The second-order valence-corrected chi connectivity index (χ2v) is 7.59. The molecule has 1 aromatic carbocycles. The number of benzene rings is 1. The maximum atomic E-state index is 11.4. The van der Waals surface area contributed by atoms with E-state index in [-0.39, 0.29) is 11.8 Å². The quantitative estimate of drug-likeness (QED) is 0.791. The lowest BCUT2D eigenvalue weighted by Crippen LogP contribution is -2.35. The molecule has 0 aromatic heterocycles. The van der Waals surface area contributed by atoms with Crippen LogP contribution in [0.2, 0.25) is 0 Å². The van der Waals surface area contributed by atoms with Crippen molar-refractivity contribution in [2.75, 3.05) is 31.7 Å². The molecule has 1 saturated heterocycles. The fraction of sp³-hybridized carbons (Fsp3) is 0.533. The number of rotatable bonds is 6. The van der Waals surface area contributed by atoms with Gasteiger partial charge in [-0.15, -0.1) is 0 Å². The number of hydrogen-bond acceptors (Lipinski definition) is 5. The number of hydrogen-bond donors (Lipinski definition) is 0. The molecule has 0 amide bonds. The molecule has 6 heteroatoms. The van der Waals surface area contributed by atoms with Gasteiger partial charge in [0.05, 0.1) is 24.0 Å². The summed E-state index contributed by atoms with van der Waals surface area (Å²) in [4.78, 5) is 2.05. The van der Waals surface area contributed by atoms with Crippen molar-refractivity contribution in [2.45, 2.75) is 18.9 Å². The zero-order valence-corrected chi connectivity index (χ0v) is 13.0. The van der Waals surface area contributed by atoms with E-state index >= 15 is 0 Å². The Labute approximate surface area is 126 Å². The van der Waals surface area contributed by atoms with Gasteiger partial charge in [-0.05, 0) is 31.2 Å². The van der Waals surface area contributed by atoms with Gasteiger partial charge >= 0.3 is 0 Å². The van der Waals surface area contributed by atoms with E-state index in [1.165, 1.54) is 0 Å². The topological polar surface area (TPSA) is 70.4 Å². The summed E-state index contributed by atoms with van der Waals surface area (Å²) in [6.07, 6.45) is 1.11. The van der Waals surface area contributed by atoms with Crippen LogP contribution in [-0.4, -0.2) is 51.1 Å². The van der Waals surface area contributed by atoms with E-state index in [4.69, 9.17) is 10.00 Å². The van der Waals surface area contributed by atoms with Crippen LogP contribution in [-0.2, 0) is 16.3 Å². The second kappa shape index (κ2) is 6.92. The maximum Gasteiger partial charge on any atom is 0.151 e. The van der Waals surface area contributed by atoms with E-state index in [1.54, 1.807) is 0 Å². The summed E-state index contributed by atoms with van der Waals surface area (Å²) in [6.45, 7) is 1.21. The summed E-state index contributed by atoms with van der Waals surface area (Å²) >= 11 is 0. The SMILES string of the molecule is CN(CCOc1ccc(CC#N)cc1)C1CCS(=O)(=O)C1. The fourth-order valence-electron chi connectivity index (χ4n) is 2.41. The molecular formula is C15H20N2O3S. The van der Waals surface area contributed by atoms with E-state index in [0.29, 0.717) is 31.7 Å². The van der Waals surface area contributed by atoms with Crippen LogP contribution in [0.5, 0.6) is 5.75 Å². The average molecular weight is 308 g/mol. The molecule has 1 fully saturated rings. The molecule has 1 aliphatic rings. The first-order valence-electron chi connectivity index (χ1n) is 6.99. The maximum absolute atomic E-state index is 11.4. The molecule has 1 unspecified atom stereocenters. The number of nitriles is 1. The predicted octanol–water partition coefficient (Wildman–Crippen LogP) is 1.25. The van der Waals surface area contributed by atoms with Crippen molar-refractivity contribution in [1.82, 2.24) is 4.90 Å². The molecule has 0 aliphatic carbocycles. The first-order chi connectivity index (χ1) is 10.00. The molecule has 114 valence electrons. The van der Waals surface area contributed by atoms with Gasteiger partial charge in [-0.1, -0.05) is 12.1 Å². The smallest absolute Gasteiger partial charge is 0.151 e. The summed E-state index contributed by atoms with van der Waals surface area (Å²) in [5, 5.41) is 8.60. The highest BCUT2D eigenvalue weighted by molar-refractivity contribution is 7.91. The van der Waals surface area contributed by atoms with E-state index in [9.17, 15) is 8.42 Å².